The highest BCUT2D eigenvalue weighted by molar-refractivity contribution is 5.83. The number of carboxylic acid groups (broad SMARTS) is 1. The molecule has 152 valence electrons. The average Bonchev–Trinajstić information content (AvgIpc) is 2.74. The van der Waals surface area contributed by atoms with Crippen molar-refractivity contribution in [1.82, 2.24) is 4.90 Å². The lowest BCUT2D eigenvalue weighted by Gasteiger charge is -2.39. The molecule has 29 heavy (non-hydrogen) atoms. The van der Waals surface area contributed by atoms with Crippen molar-refractivity contribution in [1.29, 1.82) is 0 Å². The summed E-state index contributed by atoms with van der Waals surface area (Å²) in [4.78, 5) is 26.4. The van der Waals surface area contributed by atoms with Crippen molar-refractivity contribution >= 4 is 18.0 Å². The molecule has 2 aromatic rings. The molecular formula is C25H29NO3. The summed E-state index contributed by atoms with van der Waals surface area (Å²) in [6, 6.07) is 17.7. The van der Waals surface area contributed by atoms with E-state index >= 15 is 0 Å². The van der Waals surface area contributed by atoms with E-state index in [1.807, 2.05) is 42.5 Å². The van der Waals surface area contributed by atoms with Gasteiger partial charge in [0.25, 0.3) is 0 Å². The molecule has 0 radical (unpaired) electrons. The van der Waals surface area contributed by atoms with Crippen LogP contribution in [-0.4, -0.2) is 35.0 Å². The number of nitrogens with zero attached hydrogens (tertiary/aromatic N) is 1. The number of benzene rings is 2. The molecule has 0 bridgehead atoms. The van der Waals surface area contributed by atoms with E-state index in [1.54, 1.807) is 4.90 Å². The molecule has 0 atom stereocenters. The predicted molar refractivity (Wildman–Crippen MR) is 116 cm³/mol. The molecule has 2 aromatic carbocycles. The van der Waals surface area contributed by atoms with E-state index in [-0.39, 0.29) is 5.91 Å². The molecule has 3 rings (SSSR count). The van der Waals surface area contributed by atoms with E-state index in [2.05, 4.69) is 38.1 Å². The molecule has 1 heterocycles. The Bertz CT molecular complexity index is 861. The second-order valence-electron chi connectivity index (χ2n) is 8.06. The predicted octanol–water partition coefficient (Wildman–Crippen LogP) is 4.86. The van der Waals surface area contributed by atoms with Gasteiger partial charge in [-0.2, -0.15) is 0 Å². The molecule has 4 heteroatoms. The number of carbonyl (C=O) groups is 2. The van der Waals surface area contributed by atoms with Crippen LogP contribution in [-0.2, 0) is 15.0 Å². The number of piperidine rings is 1. The minimum Gasteiger partial charge on any atom is -0.481 e. The third-order valence-electron chi connectivity index (χ3n) is 5.91. The van der Waals surface area contributed by atoms with Gasteiger partial charge in [0.05, 0.1) is 5.41 Å². The molecule has 1 saturated heterocycles. The molecule has 0 saturated carbocycles. The summed E-state index contributed by atoms with van der Waals surface area (Å²) in [6.45, 7) is 5.27. The normalized spacial score (nSPS) is 16.3. The number of aliphatic carboxylic acids is 1. The van der Waals surface area contributed by atoms with Gasteiger partial charge in [-0.05, 0) is 35.4 Å². The zero-order valence-electron chi connectivity index (χ0n) is 17.2. The van der Waals surface area contributed by atoms with Gasteiger partial charge >= 0.3 is 5.97 Å². The number of amides is 1. The summed E-state index contributed by atoms with van der Waals surface area (Å²) >= 11 is 0. The monoisotopic (exact) mass is 391 g/mol. The van der Waals surface area contributed by atoms with Gasteiger partial charge in [-0.1, -0.05) is 80.6 Å². The van der Waals surface area contributed by atoms with Crippen LogP contribution in [0.3, 0.4) is 0 Å². The highest BCUT2D eigenvalue weighted by atomic mass is 16.4. The molecule has 1 aliphatic rings. The lowest BCUT2D eigenvalue weighted by atomic mass is 9.73. The fourth-order valence-electron chi connectivity index (χ4n) is 3.94. The van der Waals surface area contributed by atoms with Crippen LogP contribution in [0.4, 0.5) is 0 Å². The summed E-state index contributed by atoms with van der Waals surface area (Å²) in [7, 11) is 0. The SMILES string of the molecule is CC(C)c1ccc(/C=C/CC(=O)N2CCC(C(=O)O)(c3ccccc3)CC2)cc1. The van der Waals surface area contributed by atoms with E-state index in [0.717, 1.165) is 11.1 Å². The van der Waals surface area contributed by atoms with Crippen molar-refractivity contribution < 1.29 is 14.7 Å². The Morgan fingerprint density at radius 3 is 2.21 bits per heavy atom. The molecular weight excluding hydrogens is 362 g/mol. The van der Waals surface area contributed by atoms with Gasteiger partial charge in [0.15, 0.2) is 0 Å². The molecule has 0 aromatic heterocycles. The quantitative estimate of drug-likeness (QED) is 0.765. The summed E-state index contributed by atoms with van der Waals surface area (Å²) < 4.78 is 0. The summed E-state index contributed by atoms with van der Waals surface area (Å²) in [5, 5.41) is 9.87. The van der Waals surface area contributed by atoms with Crippen LogP contribution < -0.4 is 0 Å². The maximum atomic E-state index is 12.6. The topological polar surface area (TPSA) is 57.6 Å². The first-order chi connectivity index (χ1) is 13.9. The molecule has 1 aliphatic heterocycles. The zero-order valence-corrected chi connectivity index (χ0v) is 17.2. The highest BCUT2D eigenvalue weighted by Crippen LogP contribution is 2.36. The summed E-state index contributed by atoms with van der Waals surface area (Å²) in [5.74, 6) is -0.254. The van der Waals surface area contributed by atoms with Gasteiger partial charge < -0.3 is 10.0 Å². The maximum absolute atomic E-state index is 12.6. The van der Waals surface area contributed by atoms with Crippen LogP contribution in [0.15, 0.2) is 60.7 Å². The Labute approximate surface area is 172 Å². The largest absolute Gasteiger partial charge is 0.481 e. The van der Waals surface area contributed by atoms with Gasteiger partial charge in [-0.3, -0.25) is 9.59 Å². The Kier molecular flexibility index (Phi) is 6.53. The summed E-state index contributed by atoms with van der Waals surface area (Å²) in [5.41, 5.74) is 2.30. The number of carboxylic acids is 1. The van der Waals surface area contributed by atoms with E-state index in [4.69, 9.17) is 0 Å². The second kappa shape index (κ2) is 9.08. The summed E-state index contributed by atoms with van der Waals surface area (Å²) in [6.07, 6.45) is 5.08. The van der Waals surface area contributed by atoms with Crippen LogP contribution in [0, 0.1) is 0 Å². The molecule has 0 unspecified atom stereocenters. The first kappa shape index (κ1) is 20.8. The number of carbonyl (C=O) groups excluding carboxylic acids is 1. The zero-order chi connectivity index (χ0) is 20.9. The van der Waals surface area contributed by atoms with Crippen molar-refractivity contribution in [2.75, 3.05) is 13.1 Å². The van der Waals surface area contributed by atoms with Crippen LogP contribution in [0.2, 0.25) is 0 Å². The van der Waals surface area contributed by atoms with Crippen LogP contribution >= 0.6 is 0 Å². The second-order valence-corrected chi connectivity index (χ2v) is 8.06. The molecule has 4 nitrogen and oxygen atoms in total. The van der Waals surface area contributed by atoms with Crippen molar-refractivity contribution in [2.45, 2.75) is 44.4 Å². The maximum Gasteiger partial charge on any atom is 0.314 e. The van der Waals surface area contributed by atoms with Gasteiger partial charge in [0.2, 0.25) is 5.91 Å². The highest BCUT2D eigenvalue weighted by Gasteiger charge is 2.43. The standard InChI is InChI=1S/C25H29NO3/c1-19(2)21-13-11-20(12-14-21)7-6-10-23(27)26-17-15-25(16-18-26,24(28)29)22-8-4-3-5-9-22/h3-9,11-14,19H,10,15-18H2,1-2H3,(H,28,29)/b7-6+. The Balaban J connectivity index is 1.57. The third kappa shape index (κ3) is 4.76. The van der Waals surface area contributed by atoms with Crippen LogP contribution in [0.1, 0.15) is 55.7 Å². The van der Waals surface area contributed by atoms with Crippen molar-refractivity contribution in [2.24, 2.45) is 0 Å². The number of hydrogen-bond donors (Lipinski definition) is 1. The molecule has 0 spiro atoms. The first-order valence-corrected chi connectivity index (χ1v) is 10.3. The Morgan fingerprint density at radius 2 is 1.66 bits per heavy atom. The van der Waals surface area contributed by atoms with Crippen molar-refractivity contribution in [3.63, 3.8) is 0 Å². The lowest BCUT2D eigenvalue weighted by molar-refractivity contribution is -0.148. The molecule has 1 fully saturated rings. The number of rotatable bonds is 6. The van der Waals surface area contributed by atoms with E-state index in [0.29, 0.717) is 38.3 Å². The molecule has 0 aliphatic carbocycles. The van der Waals surface area contributed by atoms with Gasteiger partial charge in [-0.15, -0.1) is 0 Å². The van der Waals surface area contributed by atoms with Crippen LogP contribution in [0.5, 0.6) is 0 Å². The van der Waals surface area contributed by atoms with E-state index in [9.17, 15) is 14.7 Å². The van der Waals surface area contributed by atoms with Crippen LogP contribution in [0.25, 0.3) is 6.08 Å². The van der Waals surface area contributed by atoms with Crippen molar-refractivity contribution in [3.8, 4) is 0 Å². The smallest absolute Gasteiger partial charge is 0.314 e. The van der Waals surface area contributed by atoms with Gasteiger partial charge in [-0.25, -0.2) is 0 Å². The Hall–Kier alpha value is -2.88. The number of hydrogen-bond acceptors (Lipinski definition) is 2. The first-order valence-electron chi connectivity index (χ1n) is 10.3. The van der Waals surface area contributed by atoms with E-state index < -0.39 is 11.4 Å². The van der Waals surface area contributed by atoms with Gasteiger partial charge in [0.1, 0.15) is 0 Å². The minimum atomic E-state index is -0.897. The Morgan fingerprint density at radius 1 is 1.03 bits per heavy atom. The third-order valence-corrected chi connectivity index (χ3v) is 5.91. The lowest BCUT2D eigenvalue weighted by Crippen LogP contribution is -2.49. The molecule has 1 N–H and O–H groups in total. The average molecular weight is 392 g/mol. The number of likely N-dealkylation sites (tertiary alicyclic amines) is 1. The van der Waals surface area contributed by atoms with Gasteiger partial charge in [0, 0.05) is 19.5 Å². The fraction of sp³-hybridized carbons (Fsp3) is 0.360. The van der Waals surface area contributed by atoms with E-state index in [1.165, 1.54) is 5.56 Å². The minimum absolute atomic E-state index is 0.0482. The van der Waals surface area contributed by atoms with Crippen molar-refractivity contribution in [3.05, 3.63) is 77.4 Å². The fourth-order valence-corrected chi connectivity index (χ4v) is 3.94. The molecule has 1 amide bonds.